The zero-order valence-electron chi connectivity index (χ0n) is 5.22. The molecule has 1 heterocycles. The summed E-state index contributed by atoms with van der Waals surface area (Å²) in [6.45, 7) is 5.43. The summed E-state index contributed by atoms with van der Waals surface area (Å²) in [5.74, 6) is -0.195. The lowest BCUT2D eigenvalue weighted by atomic mass is 10.1. The highest BCUT2D eigenvalue weighted by atomic mass is 16.1. The Bertz CT molecular complexity index is 223. The van der Waals surface area contributed by atoms with Gasteiger partial charge in [0, 0.05) is 11.8 Å². The molecule has 0 spiro atoms. The lowest BCUT2D eigenvalue weighted by Gasteiger charge is -2.00. The summed E-state index contributed by atoms with van der Waals surface area (Å²) in [5, 5.41) is 0. The average molecular weight is 121 g/mol. The van der Waals surface area contributed by atoms with Crippen molar-refractivity contribution >= 4 is 11.6 Å². The van der Waals surface area contributed by atoms with Gasteiger partial charge in [0.1, 0.15) is 0 Å². The van der Waals surface area contributed by atoms with Crippen molar-refractivity contribution in [3.05, 3.63) is 24.3 Å². The molecule has 9 heavy (non-hydrogen) atoms. The Morgan fingerprint density at radius 2 is 2.22 bits per heavy atom. The van der Waals surface area contributed by atoms with Crippen molar-refractivity contribution in [3.63, 3.8) is 0 Å². The van der Waals surface area contributed by atoms with Crippen LogP contribution in [0, 0.1) is 0 Å². The number of nitrogens with zero attached hydrogens (tertiary/aromatic N) is 1. The number of allylic oxidation sites excluding steroid dienone is 2. The van der Waals surface area contributed by atoms with Crippen molar-refractivity contribution in [2.45, 2.75) is 6.92 Å². The van der Waals surface area contributed by atoms with Gasteiger partial charge in [0.2, 0.25) is 0 Å². The molecule has 0 bridgehead atoms. The second-order valence-electron chi connectivity index (χ2n) is 1.89. The zero-order chi connectivity index (χ0) is 6.85. The largest absolute Gasteiger partial charge is 0.269 e. The summed E-state index contributed by atoms with van der Waals surface area (Å²) in [6, 6.07) is 0. The summed E-state index contributed by atoms with van der Waals surface area (Å²) >= 11 is 0. The van der Waals surface area contributed by atoms with E-state index >= 15 is 0 Å². The Morgan fingerprint density at radius 1 is 1.56 bits per heavy atom. The highest BCUT2D eigenvalue weighted by Crippen LogP contribution is 2.03. The van der Waals surface area contributed by atoms with Gasteiger partial charge in [-0.1, -0.05) is 6.58 Å². The van der Waals surface area contributed by atoms with Crippen LogP contribution < -0.4 is 0 Å². The zero-order valence-corrected chi connectivity index (χ0v) is 5.22. The molecule has 0 N–H and O–H groups in total. The van der Waals surface area contributed by atoms with Crippen LogP contribution in [0.5, 0.6) is 0 Å². The third kappa shape index (κ3) is 1.13. The van der Waals surface area contributed by atoms with Gasteiger partial charge in [-0.05, 0) is 18.6 Å². The summed E-state index contributed by atoms with van der Waals surface area (Å²) in [5.41, 5.74) is 1.53. The van der Waals surface area contributed by atoms with Gasteiger partial charge in [-0.2, -0.15) is 0 Å². The van der Waals surface area contributed by atoms with Crippen LogP contribution in [0.1, 0.15) is 6.92 Å². The minimum Gasteiger partial charge on any atom is -0.267 e. The molecule has 0 aromatic carbocycles. The molecule has 0 saturated carbocycles. The van der Waals surface area contributed by atoms with Gasteiger partial charge in [-0.3, -0.25) is 4.79 Å². The molecule has 0 saturated heterocycles. The molecule has 2 heteroatoms. The van der Waals surface area contributed by atoms with Crippen LogP contribution in [-0.4, -0.2) is 11.6 Å². The Labute approximate surface area is 53.6 Å². The molecule has 0 unspecified atom stereocenters. The first-order valence-corrected chi connectivity index (χ1v) is 2.67. The van der Waals surface area contributed by atoms with Crippen molar-refractivity contribution in [1.29, 1.82) is 0 Å². The van der Waals surface area contributed by atoms with Crippen LogP contribution in [0.25, 0.3) is 0 Å². The van der Waals surface area contributed by atoms with E-state index in [2.05, 4.69) is 11.6 Å². The van der Waals surface area contributed by atoms with E-state index in [1.165, 1.54) is 6.08 Å². The van der Waals surface area contributed by atoms with E-state index in [0.29, 0.717) is 5.71 Å². The molecule has 46 valence electrons. The third-order valence-electron chi connectivity index (χ3n) is 1.17. The van der Waals surface area contributed by atoms with E-state index in [-0.39, 0.29) is 5.91 Å². The van der Waals surface area contributed by atoms with Gasteiger partial charge in [0.25, 0.3) is 5.91 Å². The van der Waals surface area contributed by atoms with Gasteiger partial charge < -0.3 is 0 Å². The maximum Gasteiger partial charge on any atom is 0.269 e. The van der Waals surface area contributed by atoms with Crippen LogP contribution in [-0.2, 0) is 4.79 Å². The lowest BCUT2D eigenvalue weighted by molar-refractivity contribution is -0.113. The van der Waals surface area contributed by atoms with Gasteiger partial charge in [0.15, 0.2) is 0 Å². The average Bonchev–Trinajstić information content (AvgIpc) is 1.80. The number of rotatable bonds is 0. The molecule has 0 atom stereocenters. The first-order valence-electron chi connectivity index (χ1n) is 2.67. The van der Waals surface area contributed by atoms with Gasteiger partial charge in [0.05, 0.1) is 0 Å². The quantitative estimate of drug-likeness (QED) is 0.472. The molecular weight excluding hydrogens is 114 g/mol. The topological polar surface area (TPSA) is 29.4 Å². The molecule has 0 aromatic rings. The summed E-state index contributed by atoms with van der Waals surface area (Å²) in [6.07, 6.45) is 3.08. The molecule has 1 amide bonds. The van der Waals surface area contributed by atoms with Gasteiger partial charge in [-0.15, -0.1) is 0 Å². The number of amides is 1. The number of aliphatic imine (C=N–C) groups is 1. The maximum atomic E-state index is 10.5. The third-order valence-corrected chi connectivity index (χ3v) is 1.17. The van der Waals surface area contributed by atoms with Gasteiger partial charge in [-0.25, -0.2) is 4.99 Å². The molecule has 1 aliphatic rings. The van der Waals surface area contributed by atoms with E-state index in [0.717, 1.165) is 5.57 Å². The fourth-order valence-electron chi connectivity index (χ4n) is 0.567. The Balaban J connectivity index is 2.95. The Hall–Kier alpha value is -1.18. The van der Waals surface area contributed by atoms with Crippen molar-refractivity contribution in [3.8, 4) is 0 Å². The minimum atomic E-state index is -0.195. The smallest absolute Gasteiger partial charge is 0.267 e. The lowest BCUT2D eigenvalue weighted by Crippen LogP contribution is -2.03. The summed E-state index contributed by atoms with van der Waals surface area (Å²) < 4.78 is 0. The summed E-state index contributed by atoms with van der Waals surface area (Å²) in [7, 11) is 0. The molecule has 2 nitrogen and oxygen atoms in total. The van der Waals surface area contributed by atoms with Crippen molar-refractivity contribution in [2.24, 2.45) is 4.99 Å². The minimum absolute atomic E-state index is 0.195. The fourth-order valence-corrected chi connectivity index (χ4v) is 0.567. The number of carbonyl (C=O) groups is 1. The molecule has 1 rings (SSSR count). The molecule has 0 fully saturated rings. The predicted octanol–water partition coefficient (Wildman–Crippen LogP) is 1.10. The normalized spacial score (nSPS) is 18.1. The number of hydrogen-bond donors (Lipinski definition) is 0. The molecule has 0 aromatic heterocycles. The summed E-state index contributed by atoms with van der Waals surface area (Å²) in [4.78, 5) is 14.2. The molecule has 0 radical (unpaired) electrons. The first kappa shape index (κ1) is 5.95. The second-order valence-corrected chi connectivity index (χ2v) is 1.89. The molecule has 1 aliphatic heterocycles. The van der Waals surface area contributed by atoms with Crippen molar-refractivity contribution < 1.29 is 4.79 Å². The maximum absolute atomic E-state index is 10.5. The van der Waals surface area contributed by atoms with E-state index < -0.39 is 0 Å². The van der Waals surface area contributed by atoms with Crippen LogP contribution in [0.15, 0.2) is 29.3 Å². The van der Waals surface area contributed by atoms with E-state index in [4.69, 9.17) is 0 Å². The van der Waals surface area contributed by atoms with Crippen LogP contribution >= 0.6 is 0 Å². The number of dihydropyridines is 1. The van der Waals surface area contributed by atoms with Crippen molar-refractivity contribution in [2.75, 3.05) is 0 Å². The van der Waals surface area contributed by atoms with Crippen LogP contribution in [0.2, 0.25) is 0 Å². The van der Waals surface area contributed by atoms with Gasteiger partial charge >= 0.3 is 0 Å². The fraction of sp³-hybridized carbons (Fsp3) is 0.143. The number of carbonyl (C=O) groups excluding carboxylic acids is 1. The molecular formula is C7H7NO. The Kier molecular flexibility index (Phi) is 1.30. The van der Waals surface area contributed by atoms with Crippen LogP contribution in [0.4, 0.5) is 0 Å². The standard InChI is InChI=1S/C7H7NO/c1-5-3-4-7(9)8-6(5)2/h3-4H,1H2,2H3. The molecule has 0 aliphatic carbocycles. The van der Waals surface area contributed by atoms with Crippen molar-refractivity contribution in [1.82, 2.24) is 0 Å². The highest BCUT2D eigenvalue weighted by Gasteiger charge is 2.02. The van der Waals surface area contributed by atoms with Crippen LogP contribution in [0.3, 0.4) is 0 Å². The first-order chi connectivity index (χ1) is 4.20. The van der Waals surface area contributed by atoms with E-state index in [1.54, 1.807) is 13.0 Å². The van der Waals surface area contributed by atoms with E-state index in [9.17, 15) is 4.79 Å². The second kappa shape index (κ2) is 1.97. The highest BCUT2D eigenvalue weighted by molar-refractivity contribution is 6.11. The SMILES string of the molecule is C=C1C=CC(=O)N=C1C. The predicted molar refractivity (Wildman–Crippen MR) is 36.4 cm³/mol. The van der Waals surface area contributed by atoms with E-state index in [1.807, 2.05) is 0 Å². The Morgan fingerprint density at radius 3 is 2.67 bits per heavy atom. The number of hydrogen-bond acceptors (Lipinski definition) is 1. The monoisotopic (exact) mass is 121 g/mol.